The predicted octanol–water partition coefficient (Wildman–Crippen LogP) is 4.07. The Morgan fingerprint density at radius 2 is 2.06 bits per heavy atom. The van der Waals surface area contributed by atoms with Gasteiger partial charge in [0.05, 0.1) is 11.7 Å². The summed E-state index contributed by atoms with van der Waals surface area (Å²) in [5.41, 5.74) is 0.124. The van der Waals surface area contributed by atoms with E-state index in [0.717, 1.165) is 18.9 Å². The number of amides is 1. The molecule has 0 bridgehead atoms. The molecule has 6 rings (SSSR count). The van der Waals surface area contributed by atoms with Crippen LogP contribution in [-0.4, -0.2) is 37.2 Å². The molecular weight excluding hydrogens is 456 g/mol. The molecule has 4 aromatic rings. The Balaban J connectivity index is 1.32. The van der Waals surface area contributed by atoms with Gasteiger partial charge in [0.15, 0.2) is 5.65 Å². The molecule has 4 heterocycles. The van der Waals surface area contributed by atoms with E-state index in [1.807, 2.05) is 25.7 Å². The average molecular weight is 479 g/mol. The second kappa shape index (κ2) is 7.30. The van der Waals surface area contributed by atoms with Crippen LogP contribution in [0.25, 0.3) is 5.65 Å². The van der Waals surface area contributed by atoms with Crippen molar-refractivity contribution in [1.82, 2.24) is 24.8 Å². The summed E-state index contributed by atoms with van der Waals surface area (Å²) < 4.78 is 35.8. The van der Waals surface area contributed by atoms with Gasteiger partial charge in [-0.3, -0.25) is 4.79 Å². The Morgan fingerprint density at radius 1 is 1.23 bits per heavy atom. The summed E-state index contributed by atoms with van der Waals surface area (Å²) in [5, 5.41) is 14.8. The standard InChI is InChI=1S/C24H23F2N7O2/c1-23(2,3)22-31-30-21(35-22)20(34)28-17-12-27-33-9-7-18(29-19(17)33)32-8-6-13-11-24(13,32)15-10-14(25)4-5-16(15)26/h4-5,7,9-10,12-13H,6,8,11H2,1-3H3,(H,28,34)/t13-,24+/m0/s1. The van der Waals surface area contributed by atoms with Gasteiger partial charge in [-0.2, -0.15) is 5.10 Å². The van der Waals surface area contributed by atoms with E-state index in [2.05, 4.69) is 20.6 Å². The zero-order valence-electron chi connectivity index (χ0n) is 19.4. The van der Waals surface area contributed by atoms with Gasteiger partial charge in [-0.25, -0.2) is 18.3 Å². The molecule has 1 aliphatic carbocycles. The third kappa shape index (κ3) is 3.36. The monoisotopic (exact) mass is 479 g/mol. The van der Waals surface area contributed by atoms with E-state index in [9.17, 15) is 13.6 Å². The van der Waals surface area contributed by atoms with Crippen LogP contribution in [0, 0.1) is 17.6 Å². The fourth-order valence-electron chi connectivity index (χ4n) is 4.99. The third-order valence-electron chi connectivity index (χ3n) is 6.79. The first-order valence-corrected chi connectivity index (χ1v) is 11.4. The van der Waals surface area contributed by atoms with E-state index in [1.165, 1.54) is 22.8 Å². The Morgan fingerprint density at radius 3 is 2.80 bits per heavy atom. The quantitative estimate of drug-likeness (QED) is 0.471. The summed E-state index contributed by atoms with van der Waals surface area (Å²) in [4.78, 5) is 19.5. The minimum atomic E-state index is -0.617. The van der Waals surface area contributed by atoms with Crippen molar-refractivity contribution < 1.29 is 18.0 Å². The first-order valence-electron chi connectivity index (χ1n) is 11.4. The molecule has 9 nitrogen and oxygen atoms in total. The molecule has 2 atom stereocenters. The Kier molecular flexibility index (Phi) is 4.51. The summed E-state index contributed by atoms with van der Waals surface area (Å²) in [6, 6.07) is 5.38. The van der Waals surface area contributed by atoms with Crippen LogP contribution in [0.3, 0.4) is 0 Å². The number of hydrogen-bond donors (Lipinski definition) is 1. The van der Waals surface area contributed by atoms with E-state index in [0.29, 0.717) is 35.2 Å². The first-order chi connectivity index (χ1) is 16.7. The lowest BCUT2D eigenvalue weighted by Gasteiger charge is -2.30. The lowest BCUT2D eigenvalue weighted by molar-refractivity contribution is 0.0987. The molecule has 0 spiro atoms. The van der Waals surface area contributed by atoms with Crippen molar-refractivity contribution in [3.63, 3.8) is 0 Å². The van der Waals surface area contributed by atoms with Crippen LogP contribution in [0.2, 0.25) is 0 Å². The number of aromatic nitrogens is 5. The second-order valence-electron chi connectivity index (χ2n) is 10.1. The number of anilines is 2. The van der Waals surface area contributed by atoms with E-state index >= 15 is 0 Å². The summed E-state index contributed by atoms with van der Waals surface area (Å²) in [6.45, 7) is 6.38. The van der Waals surface area contributed by atoms with Crippen molar-refractivity contribution in [3.05, 3.63) is 65.6 Å². The maximum Gasteiger partial charge on any atom is 0.313 e. The van der Waals surface area contributed by atoms with Crippen LogP contribution < -0.4 is 10.2 Å². The number of hydrogen-bond acceptors (Lipinski definition) is 7. The molecule has 2 fully saturated rings. The van der Waals surface area contributed by atoms with E-state index < -0.39 is 23.1 Å². The summed E-state index contributed by atoms with van der Waals surface area (Å²) >= 11 is 0. The van der Waals surface area contributed by atoms with Crippen molar-refractivity contribution in [1.29, 1.82) is 0 Å². The minimum absolute atomic E-state index is 0.161. The SMILES string of the molecule is CC(C)(C)c1nnc(C(=O)Nc2cnn3ccc(N4CC[C@H]5C[C@]54c4cc(F)ccc4F)nc23)o1. The first kappa shape index (κ1) is 21.6. The number of nitrogens with one attached hydrogen (secondary N) is 1. The highest BCUT2D eigenvalue weighted by Crippen LogP contribution is 2.63. The molecule has 1 aliphatic heterocycles. The Hall–Kier alpha value is -3.89. The van der Waals surface area contributed by atoms with Crippen LogP contribution in [0.1, 0.15) is 55.8 Å². The normalized spacial score (nSPS) is 21.4. The van der Waals surface area contributed by atoms with Gasteiger partial charge >= 0.3 is 11.8 Å². The van der Waals surface area contributed by atoms with Gasteiger partial charge in [0.25, 0.3) is 0 Å². The molecule has 3 aromatic heterocycles. The highest BCUT2D eigenvalue weighted by molar-refractivity contribution is 6.02. The summed E-state index contributed by atoms with van der Waals surface area (Å²) in [5.74, 6) is -0.434. The molecule has 0 unspecified atom stereocenters. The van der Waals surface area contributed by atoms with E-state index in [1.54, 1.807) is 12.3 Å². The van der Waals surface area contributed by atoms with Crippen LogP contribution in [-0.2, 0) is 11.0 Å². The van der Waals surface area contributed by atoms with Gasteiger partial charge in [-0.1, -0.05) is 20.8 Å². The molecule has 1 amide bonds. The van der Waals surface area contributed by atoms with Gasteiger partial charge < -0.3 is 14.6 Å². The number of rotatable bonds is 4. The molecule has 1 saturated heterocycles. The van der Waals surface area contributed by atoms with E-state index in [4.69, 9.17) is 9.40 Å². The minimum Gasteiger partial charge on any atom is -0.416 e. The van der Waals surface area contributed by atoms with Crippen LogP contribution in [0.5, 0.6) is 0 Å². The van der Waals surface area contributed by atoms with Crippen molar-refractivity contribution in [2.75, 3.05) is 16.8 Å². The number of piperidine rings is 1. The maximum atomic E-state index is 14.7. The molecule has 180 valence electrons. The molecule has 1 aromatic carbocycles. The smallest absolute Gasteiger partial charge is 0.313 e. The van der Waals surface area contributed by atoms with Crippen LogP contribution in [0.15, 0.2) is 41.1 Å². The van der Waals surface area contributed by atoms with Gasteiger partial charge in [-0.15, -0.1) is 10.2 Å². The Labute approximate surface area is 199 Å². The molecular formula is C24H23F2N7O2. The topological polar surface area (TPSA) is 101 Å². The third-order valence-corrected chi connectivity index (χ3v) is 6.79. The summed E-state index contributed by atoms with van der Waals surface area (Å²) in [6.07, 6.45) is 4.80. The number of halogens is 2. The van der Waals surface area contributed by atoms with Crippen molar-refractivity contribution in [2.45, 2.75) is 44.6 Å². The largest absolute Gasteiger partial charge is 0.416 e. The maximum absolute atomic E-state index is 14.7. The second-order valence-corrected chi connectivity index (χ2v) is 10.1. The zero-order chi connectivity index (χ0) is 24.5. The lowest BCUT2D eigenvalue weighted by atomic mass is 9.97. The molecule has 0 radical (unpaired) electrons. The molecule has 1 saturated carbocycles. The number of benzene rings is 1. The number of carbonyl (C=O) groups is 1. The average Bonchev–Trinajstić information content (AvgIpc) is 3.20. The van der Waals surface area contributed by atoms with Gasteiger partial charge in [-0.05, 0) is 43.0 Å². The van der Waals surface area contributed by atoms with Gasteiger partial charge in [0.2, 0.25) is 5.89 Å². The van der Waals surface area contributed by atoms with Gasteiger partial charge in [0.1, 0.15) is 23.1 Å². The molecule has 11 heteroatoms. The van der Waals surface area contributed by atoms with Gasteiger partial charge in [0, 0.05) is 23.7 Å². The van der Waals surface area contributed by atoms with E-state index in [-0.39, 0.29) is 17.2 Å². The number of nitrogens with zero attached hydrogens (tertiary/aromatic N) is 6. The van der Waals surface area contributed by atoms with Crippen molar-refractivity contribution in [3.8, 4) is 0 Å². The van der Waals surface area contributed by atoms with Crippen LogP contribution >= 0.6 is 0 Å². The van der Waals surface area contributed by atoms with Crippen molar-refractivity contribution >= 4 is 23.1 Å². The molecule has 2 aliphatic rings. The molecule has 35 heavy (non-hydrogen) atoms. The van der Waals surface area contributed by atoms with Crippen LogP contribution in [0.4, 0.5) is 20.3 Å². The predicted molar refractivity (Wildman–Crippen MR) is 122 cm³/mol. The number of carbonyl (C=O) groups excluding carboxylic acids is 1. The highest BCUT2D eigenvalue weighted by Gasteiger charge is 2.64. The Bertz CT molecular complexity index is 1470. The summed E-state index contributed by atoms with van der Waals surface area (Å²) in [7, 11) is 0. The highest BCUT2D eigenvalue weighted by atomic mass is 19.1. The fraction of sp³-hybridized carbons (Fsp3) is 0.375. The fourth-order valence-corrected chi connectivity index (χ4v) is 4.99. The zero-order valence-corrected chi connectivity index (χ0v) is 19.4. The number of fused-ring (bicyclic) bond motifs is 2. The molecule has 1 N–H and O–H groups in total. The van der Waals surface area contributed by atoms with Crippen molar-refractivity contribution in [2.24, 2.45) is 5.92 Å². The lowest BCUT2D eigenvalue weighted by Crippen LogP contribution is -2.34.